The summed E-state index contributed by atoms with van der Waals surface area (Å²) in [4.78, 5) is 26.8. The third-order valence-corrected chi connectivity index (χ3v) is 4.70. The summed E-state index contributed by atoms with van der Waals surface area (Å²) in [7, 11) is 0. The van der Waals surface area contributed by atoms with Crippen molar-refractivity contribution in [2.75, 3.05) is 0 Å². The van der Waals surface area contributed by atoms with E-state index in [-0.39, 0.29) is 11.5 Å². The van der Waals surface area contributed by atoms with Crippen molar-refractivity contribution in [1.82, 2.24) is 14.7 Å². The molecule has 0 spiro atoms. The van der Waals surface area contributed by atoms with Crippen LogP contribution in [0.25, 0.3) is 0 Å². The molecule has 2 aliphatic carbocycles. The van der Waals surface area contributed by atoms with Crippen molar-refractivity contribution in [3.05, 3.63) is 28.2 Å². The van der Waals surface area contributed by atoms with E-state index in [1.54, 1.807) is 6.07 Å². The lowest BCUT2D eigenvalue weighted by Crippen LogP contribution is -2.41. The van der Waals surface area contributed by atoms with Crippen LogP contribution in [-0.4, -0.2) is 32.7 Å². The first-order valence-electron chi connectivity index (χ1n) is 8.61. The van der Waals surface area contributed by atoms with Crippen molar-refractivity contribution in [2.24, 2.45) is 0 Å². The number of amides is 1. The molecule has 0 aliphatic heterocycles. The Bertz CT molecular complexity index is 586. The van der Waals surface area contributed by atoms with Gasteiger partial charge in [-0.05, 0) is 38.2 Å². The van der Waals surface area contributed by atoms with E-state index in [2.05, 4.69) is 16.9 Å². The lowest BCUT2D eigenvalue weighted by atomic mass is 10.2. The van der Waals surface area contributed by atoms with Crippen LogP contribution in [0.1, 0.15) is 68.8 Å². The fourth-order valence-corrected chi connectivity index (χ4v) is 3.33. The van der Waals surface area contributed by atoms with E-state index >= 15 is 0 Å². The Morgan fingerprint density at radius 2 is 1.91 bits per heavy atom. The summed E-state index contributed by atoms with van der Waals surface area (Å²) in [5.41, 5.74) is 0.304. The molecule has 3 rings (SSSR count). The van der Waals surface area contributed by atoms with Crippen molar-refractivity contribution in [1.29, 1.82) is 0 Å². The van der Waals surface area contributed by atoms with Crippen molar-refractivity contribution in [3.63, 3.8) is 0 Å². The second-order valence-corrected chi connectivity index (χ2v) is 6.52. The summed E-state index contributed by atoms with van der Waals surface area (Å²) in [6, 6.07) is 3.85. The molecule has 0 saturated heterocycles. The number of carbonyl (C=O) groups is 1. The number of aromatic nitrogens is 2. The lowest BCUT2D eigenvalue weighted by molar-refractivity contribution is 0.0655. The van der Waals surface area contributed by atoms with Gasteiger partial charge in [0.05, 0.1) is 0 Å². The van der Waals surface area contributed by atoms with Gasteiger partial charge in [-0.2, -0.15) is 5.10 Å². The maximum Gasteiger partial charge on any atom is 0.274 e. The van der Waals surface area contributed by atoms with E-state index in [0.717, 1.165) is 38.5 Å². The summed E-state index contributed by atoms with van der Waals surface area (Å²) < 4.78 is 1.44. The Labute approximate surface area is 131 Å². The largest absolute Gasteiger partial charge is 0.331 e. The highest BCUT2D eigenvalue weighted by atomic mass is 16.2. The molecule has 1 aromatic rings. The smallest absolute Gasteiger partial charge is 0.274 e. The van der Waals surface area contributed by atoms with E-state index in [0.29, 0.717) is 24.3 Å². The summed E-state index contributed by atoms with van der Waals surface area (Å²) in [6.45, 7) is 2.66. The van der Waals surface area contributed by atoms with E-state index < -0.39 is 0 Å². The lowest BCUT2D eigenvalue weighted by Gasteiger charge is -2.28. The molecular formula is C17H25N3O2. The molecule has 1 heterocycles. The number of aryl methyl sites for hydroxylation is 1. The van der Waals surface area contributed by atoms with Crippen LogP contribution in [-0.2, 0) is 6.54 Å². The quantitative estimate of drug-likeness (QED) is 0.811. The molecule has 120 valence electrons. The molecule has 0 atom stereocenters. The van der Waals surface area contributed by atoms with E-state index in [9.17, 15) is 9.59 Å². The van der Waals surface area contributed by atoms with Gasteiger partial charge in [0.2, 0.25) is 0 Å². The molecule has 5 heteroatoms. The molecule has 2 saturated carbocycles. The van der Waals surface area contributed by atoms with Gasteiger partial charge in [-0.1, -0.05) is 26.2 Å². The third-order valence-electron chi connectivity index (χ3n) is 4.70. The number of hydrogen-bond acceptors (Lipinski definition) is 3. The predicted molar refractivity (Wildman–Crippen MR) is 84.9 cm³/mol. The number of unbranched alkanes of at least 4 members (excludes halogenated alkanes) is 1. The first-order valence-corrected chi connectivity index (χ1v) is 8.61. The molecule has 0 radical (unpaired) electrons. The molecule has 2 fully saturated rings. The standard InChI is InChI=1S/C17H25N3O2/c1-2-3-12-19-16(21)11-10-15(18-19)17(22)20(14-8-9-14)13-6-4-5-7-13/h10-11,13-14H,2-9,12H2,1H3. The first-order chi connectivity index (χ1) is 10.7. The topological polar surface area (TPSA) is 55.2 Å². The molecule has 22 heavy (non-hydrogen) atoms. The fourth-order valence-electron chi connectivity index (χ4n) is 3.33. The highest BCUT2D eigenvalue weighted by Gasteiger charge is 2.39. The Morgan fingerprint density at radius 3 is 2.55 bits per heavy atom. The van der Waals surface area contributed by atoms with Crippen LogP contribution in [0.15, 0.2) is 16.9 Å². The average Bonchev–Trinajstić information content (AvgIpc) is 3.20. The summed E-state index contributed by atoms with van der Waals surface area (Å²) in [6.07, 6.45) is 8.77. The highest BCUT2D eigenvalue weighted by molar-refractivity contribution is 5.92. The molecule has 0 N–H and O–H groups in total. The molecule has 0 unspecified atom stereocenters. The van der Waals surface area contributed by atoms with Crippen LogP contribution in [0.3, 0.4) is 0 Å². The third kappa shape index (κ3) is 3.23. The number of rotatable bonds is 6. The molecule has 0 aromatic carbocycles. The van der Waals surface area contributed by atoms with Gasteiger partial charge in [0.1, 0.15) is 5.69 Å². The first kappa shape index (κ1) is 15.3. The van der Waals surface area contributed by atoms with Crippen molar-refractivity contribution < 1.29 is 4.79 Å². The maximum atomic E-state index is 12.9. The van der Waals surface area contributed by atoms with Crippen molar-refractivity contribution in [2.45, 2.75) is 76.9 Å². The predicted octanol–water partition coefficient (Wildman–Crippen LogP) is 2.59. The summed E-state index contributed by atoms with van der Waals surface area (Å²) in [5.74, 6) is 0.0136. The Balaban J connectivity index is 1.81. The Kier molecular flexibility index (Phi) is 4.60. The van der Waals surface area contributed by atoms with Gasteiger partial charge in [0, 0.05) is 24.7 Å². The van der Waals surface area contributed by atoms with Crippen molar-refractivity contribution >= 4 is 5.91 Å². The van der Waals surface area contributed by atoms with E-state index in [1.807, 2.05) is 0 Å². The maximum absolute atomic E-state index is 12.9. The van der Waals surface area contributed by atoms with Crippen LogP contribution >= 0.6 is 0 Å². The molecule has 1 aromatic heterocycles. The second kappa shape index (κ2) is 6.63. The Hall–Kier alpha value is -1.65. The van der Waals surface area contributed by atoms with E-state index in [4.69, 9.17) is 0 Å². The monoisotopic (exact) mass is 303 g/mol. The molecule has 1 amide bonds. The Morgan fingerprint density at radius 1 is 1.23 bits per heavy atom. The zero-order valence-electron chi connectivity index (χ0n) is 13.3. The fraction of sp³-hybridized carbons (Fsp3) is 0.706. The van der Waals surface area contributed by atoms with Crippen molar-refractivity contribution in [3.8, 4) is 0 Å². The van der Waals surface area contributed by atoms with Gasteiger partial charge in [-0.15, -0.1) is 0 Å². The van der Waals surface area contributed by atoms with Crippen LogP contribution in [0.5, 0.6) is 0 Å². The summed E-state index contributed by atoms with van der Waals surface area (Å²) >= 11 is 0. The van der Waals surface area contributed by atoms with Gasteiger partial charge in [-0.3, -0.25) is 9.59 Å². The van der Waals surface area contributed by atoms with Gasteiger partial charge < -0.3 is 4.90 Å². The highest BCUT2D eigenvalue weighted by Crippen LogP contribution is 2.35. The van der Waals surface area contributed by atoms with Gasteiger partial charge >= 0.3 is 0 Å². The molecular weight excluding hydrogens is 278 g/mol. The van der Waals surface area contributed by atoms with Crippen LogP contribution in [0.4, 0.5) is 0 Å². The van der Waals surface area contributed by atoms with Gasteiger partial charge in [0.25, 0.3) is 11.5 Å². The number of nitrogens with zero attached hydrogens (tertiary/aromatic N) is 3. The van der Waals surface area contributed by atoms with Crippen LogP contribution in [0, 0.1) is 0 Å². The van der Waals surface area contributed by atoms with Gasteiger partial charge in [0.15, 0.2) is 0 Å². The molecule has 2 aliphatic rings. The second-order valence-electron chi connectivity index (χ2n) is 6.52. The SMILES string of the molecule is CCCCn1nc(C(=O)N(C2CCCC2)C2CC2)ccc1=O. The van der Waals surface area contributed by atoms with Crippen LogP contribution < -0.4 is 5.56 Å². The normalized spacial score (nSPS) is 18.6. The van der Waals surface area contributed by atoms with E-state index in [1.165, 1.54) is 23.6 Å². The average molecular weight is 303 g/mol. The number of hydrogen-bond donors (Lipinski definition) is 0. The number of carbonyl (C=O) groups excluding carboxylic acids is 1. The van der Waals surface area contributed by atoms with Crippen LogP contribution in [0.2, 0.25) is 0 Å². The zero-order valence-corrected chi connectivity index (χ0v) is 13.3. The minimum absolute atomic E-state index is 0.0136. The molecule has 5 nitrogen and oxygen atoms in total. The zero-order chi connectivity index (χ0) is 15.5. The summed E-state index contributed by atoms with van der Waals surface area (Å²) in [5, 5.41) is 4.33. The minimum Gasteiger partial charge on any atom is -0.331 e. The molecule has 0 bridgehead atoms. The minimum atomic E-state index is -0.121. The van der Waals surface area contributed by atoms with Gasteiger partial charge in [-0.25, -0.2) is 4.68 Å².